The summed E-state index contributed by atoms with van der Waals surface area (Å²) in [4.78, 5) is 0. The second kappa shape index (κ2) is 4.61. The molecule has 1 heterocycles. The van der Waals surface area contributed by atoms with Crippen molar-refractivity contribution in [2.24, 2.45) is 0 Å². The molecule has 100 valence electrons. The Bertz CT molecular complexity index is 647. The van der Waals surface area contributed by atoms with Gasteiger partial charge in [-0.05, 0) is 31.5 Å². The highest BCUT2D eigenvalue weighted by molar-refractivity contribution is 5.86. The summed E-state index contributed by atoms with van der Waals surface area (Å²) in [6, 6.07) is 5.99. The van der Waals surface area contributed by atoms with Gasteiger partial charge in [0.15, 0.2) is 0 Å². The van der Waals surface area contributed by atoms with Crippen LogP contribution in [0.5, 0.6) is 0 Å². The van der Waals surface area contributed by atoms with Gasteiger partial charge in [0.1, 0.15) is 0 Å². The quantitative estimate of drug-likeness (QED) is 0.786. The molecule has 1 unspecified atom stereocenters. The molecule has 0 saturated heterocycles. The lowest BCUT2D eigenvalue weighted by Crippen LogP contribution is -2.09. The topological polar surface area (TPSA) is 28.7 Å². The third kappa shape index (κ3) is 2.19. The first-order chi connectivity index (χ1) is 8.90. The van der Waals surface area contributed by atoms with Crippen molar-refractivity contribution >= 4 is 10.9 Å². The summed E-state index contributed by atoms with van der Waals surface area (Å²) in [5, 5.41) is 8.94. The zero-order valence-corrected chi connectivity index (χ0v) is 10.6. The molecule has 0 fully saturated rings. The Balaban J connectivity index is 2.79. The van der Waals surface area contributed by atoms with Crippen LogP contribution in [-0.4, -0.2) is 4.57 Å². The Morgan fingerprint density at radius 3 is 2.53 bits per heavy atom. The first kappa shape index (κ1) is 13.5. The van der Waals surface area contributed by atoms with Crippen molar-refractivity contribution in [1.29, 1.82) is 5.26 Å². The fraction of sp³-hybridized carbons (Fsp3) is 0.357. The highest BCUT2D eigenvalue weighted by atomic mass is 19.4. The number of hydrogen-bond acceptors (Lipinski definition) is 1. The van der Waals surface area contributed by atoms with Crippen molar-refractivity contribution in [3.8, 4) is 6.07 Å². The normalized spacial score (nSPS) is 13.5. The Labute approximate surface area is 109 Å². The van der Waals surface area contributed by atoms with Crippen LogP contribution >= 0.6 is 0 Å². The van der Waals surface area contributed by atoms with Gasteiger partial charge in [-0.2, -0.15) is 18.4 Å². The molecular formula is C14H13F3N2. The molecule has 0 N–H and O–H groups in total. The molecular weight excluding hydrogens is 253 g/mol. The van der Waals surface area contributed by atoms with Crippen LogP contribution in [-0.2, 0) is 6.18 Å². The van der Waals surface area contributed by atoms with E-state index in [1.165, 1.54) is 12.1 Å². The zero-order valence-electron chi connectivity index (χ0n) is 10.6. The lowest BCUT2D eigenvalue weighted by molar-refractivity contribution is -0.136. The molecule has 2 rings (SSSR count). The minimum absolute atomic E-state index is 0.0897. The van der Waals surface area contributed by atoms with Gasteiger partial charge < -0.3 is 4.57 Å². The average molecular weight is 266 g/mol. The van der Waals surface area contributed by atoms with E-state index in [4.69, 9.17) is 5.26 Å². The van der Waals surface area contributed by atoms with Crippen LogP contribution in [0, 0.1) is 11.3 Å². The fourth-order valence-electron chi connectivity index (χ4n) is 2.22. The molecule has 5 heteroatoms. The van der Waals surface area contributed by atoms with E-state index in [1.54, 1.807) is 18.3 Å². The van der Waals surface area contributed by atoms with Gasteiger partial charge in [-0.15, -0.1) is 0 Å². The minimum atomic E-state index is -4.52. The Morgan fingerprint density at radius 2 is 2.00 bits per heavy atom. The number of benzene rings is 1. The van der Waals surface area contributed by atoms with Crippen LogP contribution in [0.2, 0.25) is 0 Å². The summed E-state index contributed by atoms with van der Waals surface area (Å²) < 4.78 is 41.1. The van der Waals surface area contributed by atoms with Crippen molar-refractivity contribution < 1.29 is 13.2 Å². The van der Waals surface area contributed by atoms with Gasteiger partial charge in [0.25, 0.3) is 0 Å². The Kier molecular flexibility index (Phi) is 3.27. The summed E-state index contributed by atoms with van der Waals surface area (Å²) in [5.74, 6) is 0. The second-order valence-electron chi connectivity index (χ2n) is 4.51. The zero-order chi connectivity index (χ0) is 14.2. The predicted octanol–water partition coefficient (Wildman–Crippen LogP) is 4.50. The van der Waals surface area contributed by atoms with Crippen LogP contribution in [0.25, 0.3) is 10.9 Å². The first-order valence-electron chi connectivity index (χ1n) is 6.01. The largest absolute Gasteiger partial charge is 0.418 e. The van der Waals surface area contributed by atoms with E-state index in [9.17, 15) is 13.2 Å². The number of hydrogen-bond donors (Lipinski definition) is 0. The lowest BCUT2D eigenvalue weighted by Gasteiger charge is -2.15. The number of nitrogens with zero attached hydrogens (tertiary/aromatic N) is 2. The van der Waals surface area contributed by atoms with E-state index in [-0.39, 0.29) is 17.0 Å². The monoisotopic (exact) mass is 266 g/mol. The van der Waals surface area contributed by atoms with Crippen molar-refractivity contribution in [2.45, 2.75) is 32.5 Å². The maximum absolute atomic E-state index is 13.1. The standard InChI is InChI=1S/C14H13F3N2/c1-3-9(2)19-7-6-11-12(19)5-4-10(8-18)13(11)14(15,16)17/h4-7,9H,3H2,1-2H3. The van der Waals surface area contributed by atoms with Gasteiger partial charge in [-0.1, -0.05) is 6.92 Å². The average Bonchev–Trinajstić information content (AvgIpc) is 2.78. The minimum Gasteiger partial charge on any atom is -0.345 e. The number of halogens is 3. The number of rotatable bonds is 2. The molecule has 0 aliphatic carbocycles. The van der Waals surface area contributed by atoms with E-state index >= 15 is 0 Å². The smallest absolute Gasteiger partial charge is 0.345 e. The molecule has 1 aromatic heterocycles. The van der Waals surface area contributed by atoms with Crippen molar-refractivity contribution in [3.63, 3.8) is 0 Å². The predicted molar refractivity (Wildman–Crippen MR) is 66.7 cm³/mol. The summed E-state index contributed by atoms with van der Waals surface area (Å²) in [7, 11) is 0. The van der Waals surface area contributed by atoms with E-state index in [0.29, 0.717) is 5.52 Å². The van der Waals surface area contributed by atoms with Gasteiger partial charge in [-0.3, -0.25) is 0 Å². The molecule has 0 aliphatic rings. The van der Waals surface area contributed by atoms with E-state index in [2.05, 4.69) is 0 Å². The molecule has 0 radical (unpaired) electrons. The highest BCUT2D eigenvalue weighted by Gasteiger charge is 2.36. The van der Waals surface area contributed by atoms with Gasteiger partial charge in [0, 0.05) is 23.1 Å². The van der Waals surface area contributed by atoms with Gasteiger partial charge in [0.05, 0.1) is 17.2 Å². The molecule has 0 bridgehead atoms. The molecule has 2 aromatic rings. The van der Waals surface area contributed by atoms with Gasteiger partial charge in [0.2, 0.25) is 0 Å². The lowest BCUT2D eigenvalue weighted by atomic mass is 10.0. The summed E-state index contributed by atoms with van der Waals surface area (Å²) >= 11 is 0. The summed E-state index contributed by atoms with van der Waals surface area (Å²) in [5.41, 5.74) is -0.655. The number of fused-ring (bicyclic) bond motifs is 1. The van der Waals surface area contributed by atoms with Gasteiger partial charge in [-0.25, -0.2) is 0 Å². The van der Waals surface area contributed by atoms with Crippen LogP contribution < -0.4 is 0 Å². The molecule has 0 spiro atoms. The molecule has 0 amide bonds. The Hall–Kier alpha value is -1.96. The van der Waals surface area contributed by atoms with Gasteiger partial charge >= 0.3 is 6.18 Å². The third-order valence-corrected chi connectivity index (χ3v) is 3.37. The highest BCUT2D eigenvalue weighted by Crippen LogP contribution is 2.38. The van der Waals surface area contributed by atoms with Crippen molar-refractivity contribution in [3.05, 3.63) is 35.5 Å². The Morgan fingerprint density at radius 1 is 1.32 bits per heavy atom. The second-order valence-corrected chi connectivity index (χ2v) is 4.51. The SMILES string of the molecule is CCC(C)n1ccc2c(C(F)(F)F)c(C#N)ccc21. The van der Waals surface area contributed by atoms with Crippen LogP contribution in [0.1, 0.15) is 37.4 Å². The molecule has 0 aliphatic heterocycles. The van der Waals surface area contributed by atoms with Crippen LogP contribution in [0.3, 0.4) is 0 Å². The maximum atomic E-state index is 13.1. The summed E-state index contributed by atoms with van der Waals surface area (Å²) in [6.07, 6.45) is -2.05. The molecule has 2 nitrogen and oxygen atoms in total. The van der Waals surface area contributed by atoms with Crippen LogP contribution in [0.4, 0.5) is 13.2 Å². The fourth-order valence-corrected chi connectivity index (χ4v) is 2.22. The molecule has 1 atom stereocenters. The summed E-state index contributed by atoms with van der Waals surface area (Å²) in [6.45, 7) is 3.93. The van der Waals surface area contributed by atoms with Crippen LogP contribution in [0.15, 0.2) is 24.4 Å². The van der Waals surface area contributed by atoms with E-state index < -0.39 is 11.7 Å². The third-order valence-electron chi connectivity index (χ3n) is 3.37. The van der Waals surface area contributed by atoms with E-state index in [1.807, 2.05) is 18.4 Å². The molecule has 1 aromatic carbocycles. The van der Waals surface area contributed by atoms with Crippen molar-refractivity contribution in [1.82, 2.24) is 4.57 Å². The number of nitriles is 1. The number of aromatic nitrogens is 1. The van der Waals surface area contributed by atoms with Crippen molar-refractivity contribution in [2.75, 3.05) is 0 Å². The number of alkyl halides is 3. The van der Waals surface area contributed by atoms with E-state index in [0.717, 1.165) is 6.42 Å². The molecule has 0 saturated carbocycles. The maximum Gasteiger partial charge on any atom is 0.418 e. The first-order valence-corrected chi connectivity index (χ1v) is 6.01. The molecule has 19 heavy (non-hydrogen) atoms.